The zero-order valence-electron chi connectivity index (χ0n) is 40.4. The molecule has 7 N–H and O–H groups in total. The zero-order valence-corrected chi connectivity index (χ0v) is 42.2. The van der Waals surface area contributed by atoms with E-state index in [4.69, 9.17) is 18.5 Å². The number of ether oxygens (including phenoxy) is 2. The summed E-state index contributed by atoms with van der Waals surface area (Å²) in [4.78, 5) is 66.1. The van der Waals surface area contributed by atoms with Crippen LogP contribution in [0.25, 0.3) is 0 Å². The van der Waals surface area contributed by atoms with Crippen LogP contribution in [0.2, 0.25) is 0 Å². The smallest absolute Gasteiger partial charge is 0.466 e. The first-order valence-electron chi connectivity index (χ1n) is 25.5. The van der Waals surface area contributed by atoms with Gasteiger partial charge in [-0.15, -0.1) is 0 Å². The maximum atomic E-state index is 13.0. The number of rotatable bonds is 44. The van der Waals surface area contributed by atoms with Gasteiger partial charge < -0.3 is 44.6 Å². The second kappa shape index (κ2) is 38.4. The molecular formula is C47H90O17P2. The molecular weight excluding hydrogens is 898 g/mol. The molecule has 0 radical (unpaired) electrons. The van der Waals surface area contributed by atoms with Crippen LogP contribution >= 0.6 is 15.6 Å². The molecule has 1 fully saturated rings. The number of hydrogen-bond acceptors (Lipinski definition) is 14. The summed E-state index contributed by atoms with van der Waals surface area (Å²) in [6, 6.07) is 0. The molecule has 17 nitrogen and oxygen atoms in total. The van der Waals surface area contributed by atoms with Crippen LogP contribution in [0.3, 0.4) is 0 Å². The van der Waals surface area contributed by atoms with Crippen molar-refractivity contribution in [3.63, 3.8) is 0 Å². The molecule has 1 aliphatic rings. The second-order valence-electron chi connectivity index (χ2n) is 18.2. The van der Waals surface area contributed by atoms with Crippen molar-refractivity contribution >= 4 is 33.4 Å². The fraction of sp³-hybridized carbons (Fsp3) is 0.936. The molecule has 1 saturated carbocycles. The van der Waals surface area contributed by atoms with E-state index >= 15 is 0 Å². The van der Waals surface area contributed by atoms with Crippen LogP contribution in [-0.4, -0.2) is 109 Å². The molecule has 0 aliphatic heterocycles. The Bertz CT molecular complexity index is 1350. The number of phosphoric ester groups is 2. The molecule has 4 unspecified atom stereocenters. The molecule has 0 heterocycles. The van der Waals surface area contributed by atoms with E-state index in [1.54, 1.807) is 0 Å². The Morgan fingerprint density at radius 1 is 0.470 bits per heavy atom. The summed E-state index contributed by atoms with van der Waals surface area (Å²) < 4.78 is 49.4. The quantitative estimate of drug-likeness (QED) is 0.0170. The van der Waals surface area contributed by atoms with E-state index in [-0.39, 0.29) is 13.0 Å². The monoisotopic (exact) mass is 989 g/mol. The predicted octanol–water partition coefficient (Wildman–Crippen LogP) is 9.36. The number of aliphatic hydroxyl groups is 4. The zero-order chi connectivity index (χ0) is 49.1. The maximum Gasteiger partial charge on any atom is 0.472 e. The molecule has 390 valence electrons. The van der Waals surface area contributed by atoms with Crippen LogP contribution in [0.5, 0.6) is 0 Å². The van der Waals surface area contributed by atoms with Crippen molar-refractivity contribution in [1.29, 1.82) is 0 Å². The normalized spacial score (nSPS) is 21.3. The first-order chi connectivity index (χ1) is 31.5. The van der Waals surface area contributed by atoms with Crippen LogP contribution in [0.4, 0.5) is 0 Å². The van der Waals surface area contributed by atoms with Gasteiger partial charge in [0, 0.05) is 19.3 Å². The minimum atomic E-state index is -5.37. The number of carbonyl (C=O) groups excluding carboxylic acids is 3. The van der Waals surface area contributed by atoms with Crippen molar-refractivity contribution in [2.24, 2.45) is 0 Å². The lowest BCUT2D eigenvalue weighted by atomic mass is 9.85. The van der Waals surface area contributed by atoms with Gasteiger partial charge in [-0.3, -0.25) is 28.0 Å². The number of aliphatic hydroxyl groups excluding tert-OH is 4. The second-order valence-corrected chi connectivity index (χ2v) is 20.8. The summed E-state index contributed by atoms with van der Waals surface area (Å²) in [6.45, 7) is 3.52. The summed E-state index contributed by atoms with van der Waals surface area (Å²) in [5, 5.41) is 41.3. The third-order valence-electron chi connectivity index (χ3n) is 12.1. The maximum absolute atomic E-state index is 13.0. The molecule has 0 aromatic carbocycles. The molecule has 1 aliphatic carbocycles. The summed E-state index contributed by atoms with van der Waals surface area (Å²) in [5.74, 6) is -1.01. The summed E-state index contributed by atoms with van der Waals surface area (Å²) in [5.41, 5.74) is 0. The van der Waals surface area contributed by atoms with E-state index in [1.165, 1.54) is 103 Å². The lowest BCUT2D eigenvalue weighted by Gasteiger charge is -2.43. The Labute approximate surface area is 395 Å². The summed E-state index contributed by atoms with van der Waals surface area (Å²) in [7, 11) is -10.7. The first-order valence-corrected chi connectivity index (χ1v) is 28.5. The van der Waals surface area contributed by atoms with E-state index < -0.39 is 83.3 Å². The van der Waals surface area contributed by atoms with Gasteiger partial charge in [0.15, 0.2) is 0 Å². The van der Waals surface area contributed by atoms with E-state index in [2.05, 4.69) is 11.4 Å². The highest BCUT2D eigenvalue weighted by Gasteiger charge is 2.54. The number of hydrogen-bond donors (Lipinski definition) is 7. The minimum Gasteiger partial charge on any atom is -0.466 e. The van der Waals surface area contributed by atoms with Gasteiger partial charge in [0.25, 0.3) is 0 Å². The van der Waals surface area contributed by atoms with Gasteiger partial charge in [0.1, 0.15) is 48.5 Å². The van der Waals surface area contributed by atoms with Gasteiger partial charge in [0.05, 0.1) is 19.6 Å². The average Bonchev–Trinajstić information content (AvgIpc) is 3.26. The number of Topliss-reactive ketones (excluding diaryl/α,β-unsaturated/α-hetero) is 1. The van der Waals surface area contributed by atoms with Gasteiger partial charge in [-0.1, -0.05) is 174 Å². The largest absolute Gasteiger partial charge is 0.472 e. The van der Waals surface area contributed by atoms with Gasteiger partial charge >= 0.3 is 27.6 Å². The minimum absolute atomic E-state index is 0.0309. The van der Waals surface area contributed by atoms with Gasteiger partial charge in [-0.25, -0.2) is 9.13 Å². The van der Waals surface area contributed by atoms with Gasteiger partial charge in [-0.05, 0) is 25.7 Å². The average molecular weight is 989 g/mol. The van der Waals surface area contributed by atoms with E-state index in [0.29, 0.717) is 25.0 Å². The predicted molar refractivity (Wildman–Crippen MR) is 251 cm³/mol. The first kappa shape index (κ1) is 62.7. The molecule has 19 heteroatoms. The van der Waals surface area contributed by atoms with E-state index in [9.17, 15) is 58.6 Å². The highest BCUT2D eigenvalue weighted by atomic mass is 31.2. The number of carbonyl (C=O) groups is 3. The SMILES string of the molecule is CCCCCCCCCCCCCCCC(=O)O[C@@H](COP(=O)(O)OC1C(O)[C@H](OP(=O)(O)O)C(O)[C@H](O)[C@@H]1O)CC(=O)OCCCCCCCCCCCCCCCCCC(=O)CCC. The standard InChI is InChI=1S/C47H90O17P2/c1-3-5-6-7-8-9-10-14-18-21-24-27-30-34-40(49)62-39(37-61-66(58,59)64-47-44(53)42(51)43(52)46(45(47)54)63-65(55,56)57)36-41(50)60-35-31-28-25-22-19-16-13-11-12-15-17-20-23-26-29-33-38(48)32-4-2/h39,42-47,51-54H,3-37H2,1-2H3,(H,58,59)(H2,55,56,57)/t39-,42+,43?,44+,45?,46-,47?/m1/s1. The molecule has 66 heavy (non-hydrogen) atoms. The number of ketones is 1. The lowest BCUT2D eigenvalue weighted by Crippen LogP contribution is -2.64. The van der Waals surface area contributed by atoms with Gasteiger partial charge in [-0.2, -0.15) is 0 Å². The van der Waals surface area contributed by atoms with Crippen molar-refractivity contribution in [2.45, 2.75) is 268 Å². The van der Waals surface area contributed by atoms with Crippen LogP contribution in [0.15, 0.2) is 0 Å². The number of esters is 2. The van der Waals surface area contributed by atoms with Crippen LogP contribution < -0.4 is 0 Å². The molecule has 0 bridgehead atoms. The highest BCUT2D eigenvalue weighted by Crippen LogP contribution is 2.49. The van der Waals surface area contributed by atoms with E-state index in [0.717, 1.165) is 77.0 Å². The Balaban J connectivity index is 2.50. The van der Waals surface area contributed by atoms with Crippen molar-refractivity contribution in [2.75, 3.05) is 13.2 Å². The van der Waals surface area contributed by atoms with Crippen molar-refractivity contribution < 1.29 is 81.7 Å². The molecule has 8 atom stereocenters. The fourth-order valence-corrected chi connectivity index (χ4v) is 9.71. The number of unbranched alkanes of at least 4 members (excludes halogenated alkanes) is 26. The molecule has 0 spiro atoms. The molecule has 1 rings (SSSR count). The molecule has 0 saturated heterocycles. The topological polar surface area (TPSA) is 273 Å². The third kappa shape index (κ3) is 32.5. The van der Waals surface area contributed by atoms with Crippen molar-refractivity contribution in [3.8, 4) is 0 Å². The van der Waals surface area contributed by atoms with Crippen molar-refractivity contribution in [1.82, 2.24) is 0 Å². The van der Waals surface area contributed by atoms with Crippen LogP contribution in [0, 0.1) is 0 Å². The Morgan fingerprint density at radius 3 is 1.32 bits per heavy atom. The number of phosphoric acid groups is 2. The third-order valence-corrected chi connectivity index (χ3v) is 13.6. The van der Waals surface area contributed by atoms with Crippen molar-refractivity contribution in [3.05, 3.63) is 0 Å². The Morgan fingerprint density at radius 2 is 0.879 bits per heavy atom. The Hall–Kier alpha value is -1.33. The Kier molecular flexibility index (Phi) is 36.5. The summed E-state index contributed by atoms with van der Waals surface area (Å²) >= 11 is 0. The summed E-state index contributed by atoms with van der Waals surface area (Å²) in [6.07, 6.45) is 18.3. The van der Waals surface area contributed by atoms with E-state index in [1.807, 2.05) is 6.92 Å². The molecule has 0 amide bonds. The lowest BCUT2D eigenvalue weighted by molar-refractivity contribution is -0.216. The fourth-order valence-electron chi connectivity index (χ4n) is 8.17. The van der Waals surface area contributed by atoms with Crippen LogP contribution in [-0.2, 0) is 46.6 Å². The highest BCUT2D eigenvalue weighted by molar-refractivity contribution is 7.47. The van der Waals surface area contributed by atoms with Gasteiger partial charge in [0.2, 0.25) is 0 Å². The molecule has 0 aromatic rings. The van der Waals surface area contributed by atoms with Crippen LogP contribution in [0.1, 0.15) is 226 Å². The molecule has 0 aromatic heterocycles.